The molecule has 2 aromatic rings. The lowest BCUT2D eigenvalue weighted by Gasteiger charge is -2.08. The van der Waals surface area contributed by atoms with Gasteiger partial charge in [-0.05, 0) is 24.6 Å². The normalized spacial score (nSPS) is 9.71. The van der Waals surface area contributed by atoms with Crippen LogP contribution in [0.25, 0.3) is 6.08 Å². The molecule has 2 aromatic carbocycles. The minimum absolute atomic E-state index is 0.678. The van der Waals surface area contributed by atoms with Gasteiger partial charge in [-0.1, -0.05) is 42.5 Å². The SMILES string of the molecule is CC=Cc1ccccc1.COc1ccc(OC)c(OC)c1. The topological polar surface area (TPSA) is 27.7 Å². The molecular weight excluding hydrogens is 264 g/mol. The van der Waals surface area contributed by atoms with Crippen LogP contribution in [0, 0.1) is 0 Å². The maximum absolute atomic E-state index is 5.07. The van der Waals surface area contributed by atoms with E-state index >= 15 is 0 Å². The van der Waals surface area contributed by atoms with E-state index in [0.717, 1.165) is 5.75 Å². The highest BCUT2D eigenvalue weighted by molar-refractivity contribution is 5.48. The Balaban J connectivity index is 0.000000219. The summed E-state index contributed by atoms with van der Waals surface area (Å²) in [5, 5.41) is 0. The number of hydrogen-bond acceptors (Lipinski definition) is 3. The van der Waals surface area contributed by atoms with Crippen molar-refractivity contribution in [2.24, 2.45) is 0 Å². The number of benzene rings is 2. The van der Waals surface area contributed by atoms with Crippen LogP contribution in [0.5, 0.6) is 17.2 Å². The van der Waals surface area contributed by atoms with Gasteiger partial charge in [0, 0.05) is 6.07 Å². The van der Waals surface area contributed by atoms with Crippen LogP contribution in [-0.2, 0) is 0 Å². The molecule has 0 heterocycles. The average Bonchev–Trinajstić information content (AvgIpc) is 2.56. The summed E-state index contributed by atoms with van der Waals surface area (Å²) in [4.78, 5) is 0. The molecule has 0 aliphatic heterocycles. The van der Waals surface area contributed by atoms with E-state index in [9.17, 15) is 0 Å². The predicted octanol–water partition coefficient (Wildman–Crippen LogP) is 4.43. The van der Waals surface area contributed by atoms with Crippen molar-refractivity contribution in [2.75, 3.05) is 21.3 Å². The monoisotopic (exact) mass is 286 g/mol. The fourth-order valence-electron chi connectivity index (χ4n) is 1.70. The zero-order chi connectivity index (χ0) is 15.5. The van der Waals surface area contributed by atoms with Crippen molar-refractivity contribution in [2.45, 2.75) is 6.92 Å². The van der Waals surface area contributed by atoms with Gasteiger partial charge in [0.1, 0.15) is 5.75 Å². The molecule has 3 heteroatoms. The van der Waals surface area contributed by atoms with Gasteiger partial charge in [0.15, 0.2) is 11.5 Å². The summed E-state index contributed by atoms with van der Waals surface area (Å²) in [5.41, 5.74) is 1.26. The Bertz CT molecular complexity index is 548. The molecule has 21 heavy (non-hydrogen) atoms. The van der Waals surface area contributed by atoms with Gasteiger partial charge in [0.05, 0.1) is 21.3 Å². The lowest BCUT2D eigenvalue weighted by atomic mass is 10.2. The first-order valence-electron chi connectivity index (χ1n) is 6.69. The van der Waals surface area contributed by atoms with Crippen molar-refractivity contribution < 1.29 is 14.2 Å². The maximum atomic E-state index is 5.07. The van der Waals surface area contributed by atoms with Gasteiger partial charge in [-0.2, -0.15) is 0 Å². The first-order valence-corrected chi connectivity index (χ1v) is 6.69. The molecule has 0 spiro atoms. The van der Waals surface area contributed by atoms with Crippen molar-refractivity contribution in [3.63, 3.8) is 0 Å². The molecule has 0 saturated carbocycles. The molecule has 0 saturated heterocycles. The molecule has 0 atom stereocenters. The summed E-state index contributed by atoms with van der Waals surface area (Å²) in [6.45, 7) is 2.02. The lowest BCUT2D eigenvalue weighted by molar-refractivity contribution is 0.349. The fraction of sp³-hybridized carbons (Fsp3) is 0.222. The molecule has 0 fully saturated rings. The highest BCUT2D eigenvalue weighted by Gasteiger charge is 2.03. The molecule has 112 valence electrons. The van der Waals surface area contributed by atoms with Crippen LogP contribution in [0.3, 0.4) is 0 Å². The quantitative estimate of drug-likeness (QED) is 0.832. The first kappa shape index (κ1) is 16.6. The van der Waals surface area contributed by atoms with Gasteiger partial charge in [-0.3, -0.25) is 0 Å². The second-order valence-electron chi connectivity index (χ2n) is 4.13. The average molecular weight is 286 g/mol. The second-order valence-corrected chi connectivity index (χ2v) is 4.13. The molecule has 0 amide bonds. The van der Waals surface area contributed by atoms with Crippen molar-refractivity contribution in [1.29, 1.82) is 0 Å². The van der Waals surface area contributed by atoms with Crippen LogP contribution in [0.2, 0.25) is 0 Å². The lowest BCUT2D eigenvalue weighted by Crippen LogP contribution is -1.91. The second kappa shape index (κ2) is 9.48. The van der Waals surface area contributed by atoms with Crippen molar-refractivity contribution in [1.82, 2.24) is 0 Å². The van der Waals surface area contributed by atoms with Crippen molar-refractivity contribution in [3.05, 3.63) is 60.2 Å². The van der Waals surface area contributed by atoms with Crippen LogP contribution in [0.1, 0.15) is 12.5 Å². The highest BCUT2D eigenvalue weighted by Crippen LogP contribution is 2.30. The van der Waals surface area contributed by atoms with Crippen LogP contribution in [0.4, 0.5) is 0 Å². The molecule has 0 radical (unpaired) electrons. The zero-order valence-electron chi connectivity index (χ0n) is 13.0. The minimum atomic E-state index is 0.678. The van der Waals surface area contributed by atoms with Crippen LogP contribution in [0.15, 0.2) is 54.6 Å². The minimum Gasteiger partial charge on any atom is -0.497 e. The van der Waals surface area contributed by atoms with Gasteiger partial charge in [0.25, 0.3) is 0 Å². The molecular formula is C18H22O3. The van der Waals surface area contributed by atoms with E-state index in [1.165, 1.54) is 5.56 Å². The molecule has 0 aromatic heterocycles. The summed E-state index contributed by atoms with van der Waals surface area (Å²) in [6.07, 6.45) is 4.12. The van der Waals surface area contributed by atoms with Crippen LogP contribution < -0.4 is 14.2 Å². The fourth-order valence-corrected chi connectivity index (χ4v) is 1.70. The van der Waals surface area contributed by atoms with Gasteiger partial charge < -0.3 is 14.2 Å². The van der Waals surface area contributed by atoms with Gasteiger partial charge >= 0.3 is 0 Å². The Morgan fingerprint density at radius 1 is 0.762 bits per heavy atom. The highest BCUT2D eigenvalue weighted by atomic mass is 16.5. The molecule has 0 unspecified atom stereocenters. The van der Waals surface area contributed by atoms with Gasteiger partial charge in [0.2, 0.25) is 0 Å². The summed E-state index contributed by atoms with van der Waals surface area (Å²) in [5.74, 6) is 2.14. The van der Waals surface area contributed by atoms with E-state index in [4.69, 9.17) is 14.2 Å². The van der Waals surface area contributed by atoms with E-state index in [-0.39, 0.29) is 0 Å². The number of ether oxygens (including phenoxy) is 3. The van der Waals surface area contributed by atoms with E-state index in [0.29, 0.717) is 11.5 Å². The summed E-state index contributed by atoms with van der Waals surface area (Å²) >= 11 is 0. The molecule has 3 nitrogen and oxygen atoms in total. The van der Waals surface area contributed by atoms with Crippen LogP contribution in [-0.4, -0.2) is 21.3 Å². The molecule has 2 rings (SSSR count). The Hall–Kier alpha value is -2.42. The Labute approximate surface area is 126 Å². The molecule has 0 N–H and O–H groups in total. The summed E-state index contributed by atoms with van der Waals surface area (Å²) < 4.78 is 15.1. The standard InChI is InChI=1S/C9H12O3.C9H10/c1-10-7-4-5-8(11-2)9(6-7)12-3;1-2-6-9-7-4-3-5-8-9/h4-6H,1-3H3;2-8H,1H3. The van der Waals surface area contributed by atoms with Crippen molar-refractivity contribution in [3.8, 4) is 17.2 Å². The predicted molar refractivity (Wildman–Crippen MR) is 87.2 cm³/mol. The molecule has 0 bridgehead atoms. The number of allylic oxidation sites excluding steroid dienone is 1. The molecule has 0 aliphatic rings. The van der Waals surface area contributed by atoms with Crippen LogP contribution >= 0.6 is 0 Å². The third-order valence-corrected chi connectivity index (χ3v) is 2.75. The first-order chi connectivity index (χ1) is 10.2. The third-order valence-electron chi connectivity index (χ3n) is 2.75. The largest absolute Gasteiger partial charge is 0.497 e. The van der Waals surface area contributed by atoms with Gasteiger partial charge in [-0.15, -0.1) is 0 Å². The summed E-state index contributed by atoms with van der Waals surface area (Å²) in [6, 6.07) is 15.7. The van der Waals surface area contributed by atoms with E-state index in [1.54, 1.807) is 33.5 Å². The van der Waals surface area contributed by atoms with Crippen molar-refractivity contribution >= 4 is 6.08 Å². The smallest absolute Gasteiger partial charge is 0.164 e. The Kier molecular flexibility index (Phi) is 7.51. The number of hydrogen-bond donors (Lipinski definition) is 0. The third kappa shape index (κ3) is 5.61. The Morgan fingerprint density at radius 3 is 1.95 bits per heavy atom. The Morgan fingerprint density at radius 2 is 1.43 bits per heavy atom. The van der Waals surface area contributed by atoms with E-state index in [1.807, 2.05) is 37.3 Å². The summed E-state index contributed by atoms with van der Waals surface area (Å²) in [7, 11) is 4.81. The van der Waals surface area contributed by atoms with Gasteiger partial charge in [-0.25, -0.2) is 0 Å². The van der Waals surface area contributed by atoms with E-state index < -0.39 is 0 Å². The van der Waals surface area contributed by atoms with E-state index in [2.05, 4.69) is 18.2 Å². The zero-order valence-corrected chi connectivity index (χ0v) is 13.0. The number of methoxy groups -OCH3 is 3. The number of rotatable bonds is 4. The maximum Gasteiger partial charge on any atom is 0.164 e. The molecule has 0 aliphatic carbocycles.